The normalized spacial score (nSPS) is 10.7. The van der Waals surface area contributed by atoms with Gasteiger partial charge in [-0.1, -0.05) is 19.1 Å². The SMILES string of the molecule is CCCOc1c(Br)cc(CNCCc2ccc(OC)cc2)cc1Br. The second kappa shape index (κ2) is 10.1. The number of nitrogens with one attached hydrogen (secondary N) is 1. The summed E-state index contributed by atoms with van der Waals surface area (Å²) in [5.41, 5.74) is 2.52. The van der Waals surface area contributed by atoms with Crippen LogP contribution in [0.15, 0.2) is 45.3 Å². The third-order valence-electron chi connectivity index (χ3n) is 3.59. The van der Waals surface area contributed by atoms with Crippen LogP contribution in [-0.2, 0) is 13.0 Å². The van der Waals surface area contributed by atoms with Crippen LogP contribution in [0.3, 0.4) is 0 Å². The molecule has 5 heteroatoms. The molecule has 0 atom stereocenters. The molecule has 0 aromatic heterocycles. The van der Waals surface area contributed by atoms with E-state index in [1.165, 1.54) is 11.1 Å². The van der Waals surface area contributed by atoms with Gasteiger partial charge in [-0.25, -0.2) is 0 Å². The molecule has 0 unspecified atom stereocenters. The molecule has 0 aliphatic carbocycles. The molecular weight excluding hydrogens is 434 g/mol. The highest BCUT2D eigenvalue weighted by atomic mass is 79.9. The van der Waals surface area contributed by atoms with Gasteiger partial charge < -0.3 is 14.8 Å². The summed E-state index contributed by atoms with van der Waals surface area (Å²) in [5, 5.41) is 3.48. The second-order valence-corrected chi connectivity index (χ2v) is 7.22. The summed E-state index contributed by atoms with van der Waals surface area (Å²) >= 11 is 7.19. The highest BCUT2D eigenvalue weighted by Crippen LogP contribution is 2.34. The maximum absolute atomic E-state index is 5.75. The molecule has 2 aromatic rings. The monoisotopic (exact) mass is 455 g/mol. The first kappa shape index (κ1) is 19.3. The lowest BCUT2D eigenvalue weighted by atomic mass is 10.1. The van der Waals surface area contributed by atoms with E-state index in [2.05, 4.69) is 68.4 Å². The van der Waals surface area contributed by atoms with E-state index < -0.39 is 0 Å². The number of methoxy groups -OCH3 is 1. The minimum absolute atomic E-state index is 0.719. The van der Waals surface area contributed by atoms with Crippen LogP contribution in [-0.4, -0.2) is 20.3 Å². The third kappa shape index (κ3) is 5.80. The fourth-order valence-electron chi connectivity index (χ4n) is 2.31. The molecule has 0 heterocycles. The zero-order valence-corrected chi connectivity index (χ0v) is 17.2. The molecule has 0 aliphatic rings. The van der Waals surface area contributed by atoms with Crippen molar-refractivity contribution in [3.05, 3.63) is 56.5 Å². The zero-order chi connectivity index (χ0) is 17.4. The summed E-state index contributed by atoms with van der Waals surface area (Å²) in [7, 11) is 1.69. The van der Waals surface area contributed by atoms with E-state index in [1.54, 1.807) is 7.11 Å². The maximum Gasteiger partial charge on any atom is 0.147 e. The summed E-state index contributed by atoms with van der Waals surface area (Å²) in [6.45, 7) is 4.57. The van der Waals surface area contributed by atoms with E-state index in [9.17, 15) is 0 Å². The summed E-state index contributed by atoms with van der Waals surface area (Å²) in [4.78, 5) is 0. The van der Waals surface area contributed by atoms with E-state index in [0.29, 0.717) is 0 Å². The largest absolute Gasteiger partial charge is 0.497 e. The van der Waals surface area contributed by atoms with Gasteiger partial charge in [-0.2, -0.15) is 0 Å². The number of hydrogen-bond acceptors (Lipinski definition) is 3. The van der Waals surface area contributed by atoms with Gasteiger partial charge >= 0.3 is 0 Å². The van der Waals surface area contributed by atoms with E-state index in [4.69, 9.17) is 9.47 Å². The molecule has 3 nitrogen and oxygen atoms in total. The van der Waals surface area contributed by atoms with Crippen molar-refractivity contribution in [3.63, 3.8) is 0 Å². The van der Waals surface area contributed by atoms with Gasteiger partial charge in [-0.15, -0.1) is 0 Å². The molecule has 0 aliphatic heterocycles. The fraction of sp³-hybridized carbons (Fsp3) is 0.368. The first-order valence-electron chi connectivity index (χ1n) is 8.08. The summed E-state index contributed by atoms with van der Waals surface area (Å²) in [6.07, 6.45) is 1.98. The Balaban J connectivity index is 1.83. The van der Waals surface area contributed by atoms with Crippen LogP contribution in [0.4, 0.5) is 0 Å². The van der Waals surface area contributed by atoms with Gasteiger partial charge in [-0.05, 0) is 86.6 Å². The molecule has 0 saturated carbocycles. The molecule has 130 valence electrons. The van der Waals surface area contributed by atoms with Crippen molar-refractivity contribution in [2.45, 2.75) is 26.3 Å². The van der Waals surface area contributed by atoms with Crippen LogP contribution < -0.4 is 14.8 Å². The van der Waals surface area contributed by atoms with Crippen molar-refractivity contribution in [1.29, 1.82) is 0 Å². The minimum Gasteiger partial charge on any atom is -0.497 e. The Hall–Kier alpha value is -1.04. The van der Waals surface area contributed by atoms with E-state index in [0.717, 1.165) is 53.0 Å². The second-order valence-electron chi connectivity index (χ2n) is 5.51. The lowest BCUT2D eigenvalue weighted by molar-refractivity contribution is 0.313. The molecule has 24 heavy (non-hydrogen) atoms. The van der Waals surface area contributed by atoms with Crippen LogP contribution in [0.5, 0.6) is 11.5 Å². The Morgan fingerprint density at radius 1 is 1.00 bits per heavy atom. The van der Waals surface area contributed by atoms with Crippen LogP contribution in [0.1, 0.15) is 24.5 Å². The number of halogens is 2. The quantitative estimate of drug-likeness (QED) is 0.516. The maximum atomic E-state index is 5.75. The average Bonchev–Trinajstić information content (AvgIpc) is 2.58. The Bertz CT molecular complexity index is 621. The van der Waals surface area contributed by atoms with Crippen molar-refractivity contribution in [2.75, 3.05) is 20.3 Å². The molecule has 2 rings (SSSR count). The molecular formula is C19H23Br2NO2. The van der Waals surface area contributed by atoms with Crippen molar-refractivity contribution >= 4 is 31.9 Å². The Labute approximate surface area is 161 Å². The van der Waals surface area contributed by atoms with Crippen LogP contribution in [0.2, 0.25) is 0 Å². The Kier molecular flexibility index (Phi) is 8.09. The summed E-state index contributed by atoms with van der Waals surface area (Å²) in [6, 6.07) is 12.4. The number of ether oxygens (including phenoxy) is 2. The van der Waals surface area contributed by atoms with Crippen molar-refractivity contribution < 1.29 is 9.47 Å². The molecule has 0 spiro atoms. The molecule has 0 fully saturated rings. The Morgan fingerprint density at radius 3 is 2.25 bits per heavy atom. The van der Waals surface area contributed by atoms with E-state index >= 15 is 0 Å². The minimum atomic E-state index is 0.719. The summed E-state index contributed by atoms with van der Waals surface area (Å²) in [5.74, 6) is 1.77. The van der Waals surface area contributed by atoms with Crippen molar-refractivity contribution in [3.8, 4) is 11.5 Å². The van der Waals surface area contributed by atoms with Gasteiger partial charge in [-0.3, -0.25) is 0 Å². The predicted molar refractivity (Wildman–Crippen MR) is 106 cm³/mol. The first-order chi connectivity index (χ1) is 11.6. The smallest absolute Gasteiger partial charge is 0.147 e. The van der Waals surface area contributed by atoms with Gasteiger partial charge in [0.05, 0.1) is 22.7 Å². The first-order valence-corrected chi connectivity index (χ1v) is 9.67. The number of benzene rings is 2. The topological polar surface area (TPSA) is 30.5 Å². The lowest BCUT2D eigenvalue weighted by Gasteiger charge is -2.12. The highest BCUT2D eigenvalue weighted by Gasteiger charge is 2.08. The third-order valence-corrected chi connectivity index (χ3v) is 4.77. The highest BCUT2D eigenvalue weighted by molar-refractivity contribution is 9.11. The molecule has 2 aromatic carbocycles. The van der Waals surface area contributed by atoms with E-state index in [1.807, 2.05) is 12.1 Å². The standard InChI is InChI=1S/C19H23Br2NO2/c1-3-10-24-19-17(20)11-15(12-18(19)21)13-22-9-8-14-4-6-16(23-2)7-5-14/h4-7,11-12,22H,3,8-10,13H2,1-2H3. The molecule has 0 radical (unpaired) electrons. The molecule has 0 saturated heterocycles. The molecule has 0 amide bonds. The van der Waals surface area contributed by atoms with Crippen molar-refractivity contribution in [2.24, 2.45) is 0 Å². The molecule has 0 bridgehead atoms. The summed E-state index contributed by atoms with van der Waals surface area (Å²) < 4.78 is 12.9. The zero-order valence-electron chi connectivity index (χ0n) is 14.1. The van der Waals surface area contributed by atoms with Gasteiger partial charge in [0.2, 0.25) is 0 Å². The van der Waals surface area contributed by atoms with Crippen LogP contribution in [0.25, 0.3) is 0 Å². The van der Waals surface area contributed by atoms with Crippen LogP contribution in [0, 0.1) is 0 Å². The Morgan fingerprint density at radius 2 is 1.67 bits per heavy atom. The van der Waals surface area contributed by atoms with Gasteiger partial charge in [0.25, 0.3) is 0 Å². The average molecular weight is 457 g/mol. The van der Waals surface area contributed by atoms with E-state index in [-0.39, 0.29) is 0 Å². The van der Waals surface area contributed by atoms with Crippen molar-refractivity contribution in [1.82, 2.24) is 5.32 Å². The lowest BCUT2D eigenvalue weighted by Crippen LogP contribution is -2.16. The predicted octanol–water partition coefficient (Wildman–Crippen LogP) is 5.34. The van der Waals surface area contributed by atoms with Gasteiger partial charge in [0.1, 0.15) is 11.5 Å². The van der Waals surface area contributed by atoms with Gasteiger partial charge in [0, 0.05) is 6.54 Å². The van der Waals surface area contributed by atoms with Crippen LogP contribution >= 0.6 is 31.9 Å². The fourth-order valence-corrected chi connectivity index (χ4v) is 3.82. The number of hydrogen-bond donors (Lipinski definition) is 1. The van der Waals surface area contributed by atoms with Gasteiger partial charge in [0.15, 0.2) is 0 Å². The number of rotatable bonds is 9. The molecule has 1 N–H and O–H groups in total.